The average Bonchev–Trinajstić information content (AvgIpc) is 2.32. The van der Waals surface area contributed by atoms with Crippen molar-refractivity contribution in [2.45, 2.75) is 45.1 Å². The molecule has 78 valence electrons. The van der Waals surface area contributed by atoms with Crippen LogP contribution >= 0.6 is 0 Å². The van der Waals surface area contributed by atoms with Crippen LogP contribution < -0.4 is 5.32 Å². The molecule has 2 nitrogen and oxygen atoms in total. The molecule has 1 saturated heterocycles. The molecule has 0 saturated carbocycles. The highest BCUT2D eigenvalue weighted by Crippen LogP contribution is 2.14. The van der Waals surface area contributed by atoms with Gasteiger partial charge in [-0.05, 0) is 39.4 Å². The number of hydrogen-bond donors (Lipinski definition) is 1. The van der Waals surface area contributed by atoms with Crippen molar-refractivity contribution in [3.63, 3.8) is 0 Å². The Morgan fingerprint density at radius 2 is 2.15 bits per heavy atom. The van der Waals surface area contributed by atoms with E-state index in [-0.39, 0.29) is 0 Å². The zero-order valence-corrected chi connectivity index (χ0v) is 9.18. The normalized spacial score (nSPS) is 25.8. The van der Waals surface area contributed by atoms with Gasteiger partial charge in [0.25, 0.3) is 0 Å². The summed E-state index contributed by atoms with van der Waals surface area (Å²) in [6.45, 7) is 5.87. The third kappa shape index (κ3) is 4.10. The van der Waals surface area contributed by atoms with Gasteiger partial charge in [0.2, 0.25) is 0 Å². The summed E-state index contributed by atoms with van der Waals surface area (Å²) in [7, 11) is 2.27. The maximum Gasteiger partial charge on any atom is 0.0217 e. The van der Waals surface area contributed by atoms with Crippen molar-refractivity contribution in [3.8, 4) is 0 Å². The second-order valence-corrected chi connectivity index (χ2v) is 4.19. The number of likely N-dealkylation sites (N-methyl/N-ethyl adjacent to an activating group) is 1. The van der Waals surface area contributed by atoms with Crippen molar-refractivity contribution < 1.29 is 0 Å². The summed E-state index contributed by atoms with van der Waals surface area (Å²) < 4.78 is 0. The van der Waals surface area contributed by atoms with E-state index in [1.807, 2.05) is 0 Å². The third-order valence-corrected chi connectivity index (χ3v) is 2.98. The molecule has 1 heterocycles. The first-order valence-electron chi connectivity index (χ1n) is 5.75. The summed E-state index contributed by atoms with van der Waals surface area (Å²) in [6, 6.07) is 0.786. The monoisotopic (exact) mass is 184 g/mol. The summed E-state index contributed by atoms with van der Waals surface area (Å²) >= 11 is 0. The average molecular weight is 184 g/mol. The van der Waals surface area contributed by atoms with Crippen LogP contribution in [0.25, 0.3) is 0 Å². The first-order chi connectivity index (χ1) is 6.34. The van der Waals surface area contributed by atoms with Crippen LogP contribution in [0.5, 0.6) is 0 Å². The van der Waals surface area contributed by atoms with E-state index in [9.17, 15) is 0 Å². The molecule has 1 fully saturated rings. The van der Waals surface area contributed by atoms with Gasteiger partial charge >= 0.3 is 0 Å². The molecular weight excluding hydrogens is 160 g/mol. The fourth-order valence-electron chi connectivity index (χ4n) is 2.02. The quantitative estimate of drug-likeness (QED) is 0.671. The molecular formula is C11H24N2. The van der Waals surface area contributed by atoms with Crippen molar-refractivity contribution in [1.82, 2.24) is 10.2 Å². The SMILES string of the molecule is CCCNC[C@H]1CCCCCN1C. The van der Waals surface area contributed by atoms with Crippen LogP contribution in [0.4, 0.5) is 0 Å². The number of hydrogen-bond acceptors (Lipinski definition) is 2. The summed E-state index contributed by atoms with van der Waals surface area (Å²) in [4.78, 5) is 2.52. The first-order valence-corrected chi connectivity index (χ1v) is 5.75. The molecule has 0 unspecified atom stereocenters. The Morgan fingerprint density at radius 3 is 2.92 bits per heavy atom. The Labute approximate surface area is 82.7 Å². The zero-order chi connectivity index (χ0) is 9.52. The highest BCUT2D eigenvalue weighted by atomic mass is 15.1. The molecule has 0 radical (unpaired) electrons. The second-order valence-electron chi connectivity index (χ2n) is 4.19. The smallest absolute Gasteiger partial charge is 0.0217 e. The van der Waals surface area contributed by atoms with E-state index in [0.29, 0.717) is 0 Å². The summed E-state index contributed by atoms with van der Waals surface area (Å²) in [5.41, 5.74) is 0. The second kappa shape index (κ2) is 6.39. The Bertz CT molecular complexity index is 125. The summed E-state index contributed by atoms with van der Waals surface area (Å²) in [5.74, 6) is 0. The van der Waals surface area contributed by atoms with Gasteiger partial charge in [-0.1, -0.05) is 19.8 Å². The first kappa shape index (κ1) is 11.0. The Balaban J connectivity index is 2.19. The molecule has 1 rings (SSSR count). The van der Waals surface area contributed by atoms with Gasteiger partial charge in [0, 0.05) is 12.6 Å². The summed E-state index contributed by atoms with van der Waals surface area (Å²) in [6.07, 6.45) is 6.86. The molecule has 0 aromatic heterocycles. The standard InChI is InChI=1S/C11H24N2/c1-3-8-12-10-11-7-5-4-6-9-13(11)2/h11-12H,3-10H2,1-2H3/t11-/m1/s1. The van der Waals surface area contributed by atoms with Crippen molar-refractivity contribution >= 4 is 0 Å². The molecule has 0 bridgehead atoms. The number of nitrogens with one attached hydrogen (secondary N) is 1. The highest BCUT2D eigenvalue weighted by Gasteiger charge is 2.16. The highest BCUT2D eigenvalue weighted by molar-refractivity contribution is 4.74. The van der Waals surface area contributed by atoms with Crippen LogP contribution in [0.3, 0.4) is 0 Å². The van der Waals surface area contributed by atoms with Crippen LogP contribution in [-0.4, -0.2) is 37.6 Å². The Morgan fingerprint density at radius 1 is 1.31 bits per heavy atom. The lowest BCUT2D eigenvalue weighted by Gasteiger charge is -2.25. The van der Waals surface area contributed by atoms with Crippen molar-refractivity contribution in [3.05, 3.63) is 0 Å². The molecule has 0 aromatic rings. The fourth-order valence-corrected chi connectivity index (χ4v) is 2.02. The molecule has 13 heavy (non-hydrogen) atoms. The molecule has 1 aliphatic heterocycles. The minimum atomic E-state index is 0.786. The topological polar surface area (TPSA) is 15.3 Å². The van der Waals surface area contributed by atoms with E-state index < -0.39 is 0 Å². The van der Waals surface area contributed by atoms with E-state index in [2.05, 4.69) is 24.2 Å². The zero-order valence-electron chi connectivity index (χ0n) is 9.18. The van der Waals surface area contributed by atoms with Gasteiger partial charge in [0.05, 0.1) is 0 Å². The largest absolute Gasteiger partial charge is 0.315 e. The predicted molar refractivity (Wildman–Crippen MR) is 58.0 cm³/mol. The van der Waals surface area contributed by atoms with E-state index in [1.54, 1.807) is 0 Å². The number of likely N-dealkylation sites (tertiary alicyclic amines) is 1. The Hall–Kier alpha value is -0.0800. The van der Waals surface area contributed by atoms with Gasteiger partial charge in [0.1, 0.15) is 0 Å². The maximum atomic E-state index is 3.52. The van der Waals surface area contributed by atoms with E-state index in [0.717, 1.165) is 6.04 Å². The Kier molecular flexibility index (Phi) is 5.40. The van der Waals surface area contributed by atoms with E-state index >= 15 is 0 Å². The molecule has 1 atom stereocenters. The van der Waals surface area contributed by atoms with Crippen LogP contribution in [0.2, 0.25) is 0 Å². The number of nitrogens with zero attached hydrogens (tertiary/aromatic N) is 1. The van der Waals surface area contributed by atoms with Gasteiger partial charge in [-0.3, -0.25) is 0 Å². The minimum absolute atomic E-state index is 0.786. The van der Waals surface area contributed by atoms with Gasteiger partial charge in [0.15, 0.2) is 0 Å². The van der Waals surface area contributed by atoms with Crippen LogP contribution in [0, 0.1) is 0 Å². The molecule has 1 aliphatic rings. The van der Waals surface area contributed by atoms with Gasteiger partial charge in [-0.25, -0.2) is 0 Å². The van der Waals surface area contributed by atoms with Crippen LogP contribution in [0.1, 0.15) is 39.0 Å². The third-order valence-electron chi connectivity index (χ3n) is 2.98. The lowest BCUT2D eigenvalue weighted by atomic mass is 10.1. The number of rotatable bonds is 4. The maximum absolute atomic E-state index is 3.52. The molecule has 2 heteroatoms. The lowest BCUT2D eigenvalue weighted by molar-refractivity contribution is 0.240. The lowest BCUT2D eigenvalue weighted by Crippen LogP contribution is -2.39. The van der Waals surface area contributed by atoms with Gasteiger partial charge < -0.3 is 10.2 Å². The van der Waals surface area contributed by atoms with Gasteiger partial charge in [-0.2, -0.15) is 0 Å². The van der Waals surface area contributed by atoms with Crippen molar-refractivity contribution in [2.24, 2.45) is 0 Å². The molecule has 1 N–H and O–H groups in total. The van der Waals surface area contributed by atoms with Crippen LogP contribution in [-0.2, 0) is 0 Å². The predicted octanol–water partition coefficient (Wildman–Crippen LogP) is 1.86. The molecule has 0 aliphatic carbocycles. The molecule has 0 spiro atoms. The fraction of sp³-hybridized carbons (Fsp3) is 1.00. The van der Waals surface area contributed by atoms with Gasteiger partial charge in [-0.15, -0.1) is 0 Å². The van der Waals surface area contributed by atoms with Crippen molar-refractivity contribution in [2.75, 3.05) is 26.7 Å². The van der Waals surface area contributed by atoms with E-state index in [4.69, 9.17) is 0 Å². The molecule has 0 amide bonds. The van der Waals surface area contributed by atoms with Crippen molar-refractivity contribution in [1.29, 1.82) is 0 Å². The molecule has 0 aromatic carbocycles. The summed E-state index contributed by atoms with van der Waals surface area (Å²) in [5, 5.41) is 3.52. The van der Waals surface area contributed by atoms with E-state index in [1.165, 1.54) is 51.7 Å². The minimum Gasteiger partial charge on any atom is -0.315 e. The van der Waals surface area contributed by atoms with Crippen LogP contribution in [0.15, 0.2) is 0 Å².